The molecule has 1 unspecified atom stereocenters. The summed E-state index contributed by atoms with van der Waals surface area (Å²) in [5.74, 6) is 1.23. The second-order valence-corrected chi connectivity index (χ2v) is 8.49. The van der Waals surface area contributed by atoms with Crippen molar-refractivity contribution >= 4 is 5.91 Å². The van der Waals surface area contributed by atoms with Gasteiger partial charge in [-0.25, -0.2) is 0 Å². The molecule has 0 spiro atoms. The van der Waals surface area contributed by atoms with Crippen LogP contribution in [0.1, 0.15) is 65.7 Å². The number of nitrogens with zero attached hydrogens (tertiary/aromatic N) is 1. The summed E-state index contributed by atoms with van der Waals surface area (Å²) in [4.78, 5) is 14.3. The number of fused-ring (bicyclic) bond motifs is 2. The minimum Gasteiger partial charge on any atom is -0.343 e. The summed E-state index contributed by atoms with van der Waals surface area (Å²) in [6.07, 6.45) is 8.47. The second-order valence-electron chi connectivity index (χ2n) is 8.49. The van der Waals surface area contributed by atoms with Crippen molar-refractivity contribution in [1.29, 1.82) is 0 Å². The minimum atomic E-state index is 0.355. The second kappa shape index (κ2) is 5.57. The third kappa shape index (κ3) is 2.74. The molecule has 1 saturated heterocycles. The molecule has 1 amide bonds. The average molecular weight is 292 g/mol. The fourth-order valence-corrected chi connectivity index (χ4v) is 5.44. The molecule has 1 heterocycles. The van der Waals surface area contributed by atoms with Gasteiger partial charge in [0.15, 0.2) is 0 Å². The smallest absolute Gasteiger partial charge is 0.223 e. The van der Waals surface area contributed by atoms with E-state index in [1.165, 1.54) is 38.5 Å². The highest BCUT2D eigenvalue weighted by atomic mass is 16.2. The molecular weight excluding hydrogens is 260 g/mol. The van der Waals surface area contributed by atoms with Crippen LogP contribution in [0.3, 0.4) is 0 Å². The molecule has 0 aromatic heterocycles. The summed E-state index contributed by atoms with van der Waals surface area (Å²) in [5.41, 5.74) is 0.851. The molecule has 1 N–H and O–H groups in total. The van der Waals surface area contributed by atoms with Crippen molar-refractivity contribution < 1.29 is 4.79 Å². The van der Waals surface area contributed by atoms with Crippen molar-refractivity contribution in [3.63, 3.8) is 0 Å². The SMILES string of the molecule is CC1(C)C(NCCC(=O)N2CCCCC2)[C@]2(C)CC[C@H]1C2. The van der Waals surface area contributed by atoms with Gasteiger partial charge < -0.3 is 10.2 Å². The predicted molar refractivity (Wildman–Crippen MR) is 86.1 cm³/mol. The molecule has 3 heteroatoms. The fourth-order valence-electron chi connectivity index (χ4n) is 5.44. The number of hydrogen-bond donors (Lipinski definition) is 1. The summed E-state index contributed by atoms with van der Waals surface area (Å²) in [6.45, 7) is 10.1. The topological polar surface area (TPSA) is 32.3 Å². The van der Waals surface area contributed by atoms with Gasteiger partial charge in [0.05, 0.1) is 0 Å². The first-order valence-electron chi connectivity index (χ1n) is 8.95. The number of likely N-dealkylation sites (tertiary alicyclic amines) is 1. The van der Waals surface area contributed by atoms with Gasteiger partial charge in [-0.2, -0.15) is 0 Å². The lowest BCUT2D eigenvalue weighted by atomic mass is 9.68. The molecule has 3 aliphatic rings. The van der Waals surface area contributed by atoms with Crippen LogP contribution in [0.4, 0.5) is 0 Å². The first-order valence-corrected chi connectivity index (χ1v) is 8.95. The molecule has 0 aromatic carbocycles. The first-order chi connectivity index (χ1) is 9.93. The third-order valence-corrected chi connectivity index (χ3v) is 6.67. The predicted octanol–water partition coefficient (Wildman–Crippen LogP) is 3.19. The molecule has 2 aliphatic carbocycles. The van der Waals surface area contributed by atoms with E-state index < -0.39 is 0 Å². The lowest BCUT2D eigenvalue weighted by molar-refractivity contribution is -0.132. The Hall–Kier alpha value is -0.570. The van der Waals surface area contributed by atoms with Crippen LogP contribution in [0.5, 0.6) is 0 Å². The van der Waals surface area contributed by atoms with Gasteiger partial charge in [0.1, 0.15) is 0 Å². The third-order valence-electron chi connectivity index (χ3n) is 6.67. The summed E-state index contributed by atoms with van der Waals surface area (Å²) in [5, 5.41) is 3.77. The van der Waals surface area contributed by atoms with Gasteiger partial charge in [-0.15, -0.1) is 0 Å². The van der Waals surface area contributed by atoms with Crippen LogP contribution >= 0.6 is 0 Å². The highest BCUT2D eigenvalue weighted by Gasteiger charge is 2.58. The summed E-state index contributed by atoms with van der Waals surface area (Å²) in [6, 6.07) is 0.581. The van der Waals surface area contributed by atoms with Crippen molar-refractivity contribution in [1.82, 2.24) is 10.2 Å². The molecule has 120 valence electrons. The van der Waals surface area contributed by atoms with E-state index >= 15 is 0 Å². The van der Waals surface area contributed by atoms with Crippen molar-refractivity contribution in [3.05, 3.63) is 0 Å². The number of carbonyl (C=O) groups excluding carboxylic acids is 1. The summed E-state index contributed by atoms with van der Waals surface area (Å²) in [7, 11) is 0. The maximum Gasteiger partial charge on any atom is 0.223 e. The molecule has 1 aliphatic heterocycles. The molecular formula is C18H32N2O. The van der Waals surface area contributed by atoms with E-state index in [2.05, 4.69) is 31.0 Å². The van der Waals surface area contributed by atoms with Crippen LogP contribution in [0.15, 0.2) is 0 Å². The number of piperidine rings is 1. The van der Waals surface area contributed by atoms with E-state index in [0.29, 0.717) is 29.2 Å². The van der Waals surface area contributed by atoms with Crippen LogP contribution in [-0.4, -0.2) is 36.5 Å². The van der Waals surface area contributed by atoms with Gasteiger partial charge in [0.2, 0.25) is 5.91 Å². The lowest BCUT2D eigenvalue weighted by Crippen LogP contribution is -2.51. The van der Waals surface area contributed by atoms with E-state index in [9.17, 15) is 4.79 Å². The molecule has 3 nitrogen and oxygen atoms in total. The van der Waals surface area contributed by atoms with Crippen molar-refractivity contribution in [2.45, 2.75) is 71.8 Å². The Morgan fingerprint density at radius 1 is 1.19 bits per heavy atom. The van der Waals surface area contributed by atoms with Crippen LogP contribution < -0.4 is 5.32 Å². The van der Waals surface area contributed by atoms with Crippen LogP contribution in [0, 0.1) is 16.7 Å². The van der Waals surface area contributed by atoms with E-state index in [1.54, 1.807) is 0 Å². The number of amides is 1. The van der Waals surface area contributed by atoms with Gasteiger partial charge in [-0.3, -0.25) is 4.79 Å². The van der Waals surface area contributed by atoms with Gasteiger partial charge in [0.25, 0.3) is 0 Å². The zero-order valence-corrected chi connectivity index (χ0v) is 14.1. The highest BCUT2D eigenvalue weighted by molar-refractivity contribution is 5.76. The molecule has 3 fully saturated rings. The molecule has 0 aromatic rings. The van der Waals surface area contributed by atoms with Gasteiger partial charge in [-0.05, 0) is 55.3 Å². The molecule has 0 radical (unpaired) electrons. The molecule has 3 atom stereocenters. The van der Waals surface area contributed by atoms with E-state index in [1.807, 2.05) is 0 Å². The highest BCUT2D eigenvalue weighted by Crippen LogP contribution is 2.62. The maximum absolute atomic E-state index is 12.3. The van der Waals surface area contributed by atoms with Crippen LogP contribution in [0.25, 0.3) is 0 Å². The Morgan fingerprint density at radius 3 is 2.52 bits per heavy atom. The van der Waals surface area contributed by atoms with Gasteiger partial charge in [0, 0.05) is 32.1 Å². The first kappa shape index (κ1) is 15.3. The number of rotatable bonds is 4. The van der Waals surface area contributed by atoms with Crippen LogP contribution in [0.2, 0.25) is 0 Å². The van der Waals surface area contributed by atoms with E-state index in [0.717, 1.165) is 25.6 Å². The van der Waals surface area contributed by atoms with Crippen molar-refractivity contribution in [3.8, 4) is 0 Å². The van der Waals surface area contributed by atoms with Crippen LogP contribution in [-0.2, 0) is 4.79 Å². The molecule has 3 rings (SSSR count). The zero-order valence-electron chi connectivity index (χ0n) is 14.1. The lowest BCUT2D eigenvalue weighted by Gasteiger charge is -2.43. The minimum absolute atomic E-state index is 0.355. The fraction of sp³-hybridized carbons (Fsp3) is 0.944. The Labute approximate surface area is 129 Å². The standard InChI is InChI=1S/C18H32N2O/c1-17(2)14-7-9-18(3,13-14)16(17)19-10-8-15(21)20-11-5-4-6-12-20/h14,16,19H,4-13H2,1-3H3/t14-,16?,18+/m0/s1. The van der Waals surface area contributed by atoms with E-state index in [4.69, 9.17) is 0 Å². The number of hydrogen-bond acceptors (Lipinski definition) is 2. The Balaban J connectivity index is 1.50. The molecule has 21 heavy (non-hydrogen) atoms. The van der Waals surface area contributed by atoms with Gasteiger partial charge >= 0.3 is 0 Å². The van der Waals surface area contributed by atoms with Gasteiger partial charge in [-0.1, -0.05) is 20.8 Å². The Kier molecular flexibility index (Phi) is 4.06. The average Bonchev–Trinajstić information content (AvgIpc) is 2.94. The molecule has 2 bridgehead atoms. The monoisotopic (exact) mass is 292 g/mol. The van der Waals surface area contributed by atoms with Crippen molar-refractivity contribution in [2.24, 2.45) is 16.7 Å². The number of carbonyl (C=O) groups is 1. The Bertz CT molecular complexity index is 395. The zero-order chi connectivity index (χ0) is 15.1. The maximum atomic E-state index is 12.3. The number of nitrogens with one attached hydrogen (secondary N) is 1. The van der Waals surface area contributed by atoms with Crippen molar-refractivity contribution in [2.75, 3.05) is 19.6 Å². The largest absolute Gasteiger partial charge is 0.343 e. The normalized spacial score (nSPS) is 38.0. The molecule has 2 saturated carbocycles. The summed E-state index contributed by atoms with van der Waals surface area (Å²) >= 11 is 0. The summed E-state index contributed by atoms with van der Waals surface area (Å²) < 4.78 is 0. The Morgan fingerprint density at radius 2 is 1.90 bits per heavy atom. The van der Waals surface area contributed by atoms with E-state index in [-0.39, 0.29) is 0 Å². The quantitative estimate of drug-likeness (QED) is 0.863.